The highest BCUT2D eigenvalue weighted by Crippen LogP contribution is 2.35. The maximum absolute atomic E-state index is 12.2. The summed E-state index contributed by atoms with van der Waals surface area (Å²) in [5.74, 6) is 0.361. The lowest BCUT2D eigenvalue weighted by Gasteiger charge is -2.03. The molecule has 7 nitrogen and oxygen atoms in total. The zero-order chi connectivity index (χ0) is 15.0. The van der Waals surface area contributed by atoms with E-state index in [0.717, 1.165) is 30.7 Å². The number of nitrogens with zero attached hydrogens (tertiary/aromatic N) is 2. The number of sulfonamides is 1. The van der Waals surface area contributed by atoms with Gasteiger partial charge in [-0.15, -0.1) is 16.4 Å². The Morgan fingerprint density at radius 3 is 2.86 bits per heavy atom. The van der Waals surface area contributed by atoms with Crippen molar-refractivity contribution in [3.05, 3.63) is 20.6 Å². The summed E-state index contributed by atoms with van der Waals surface area (Å²) >= 11 is 12.6. The number of rotatable bonds is 4. The Morgan fingerprint density at radius 1 is 1.43 bits per heavy atom. The van der Waals surface area contributed by atoms with Crippen LogP contribution in [-0.4, -0.2) is 25.2 Å². The van der Waals surface area contributed by atoms with Gasteiger partial charge in [0.1, 0.15) is 9.23 Å². The first kappa shape index (κ1) is 15.0. The minimum Gasteiger partial charge on any atom is -0.406 e. The van der Waals surface area contributed by atoms with Crippen molar-refractivity contribution < 1.29 is 12.8 Å². The van der Waals surface area contributed by atoms with E-state index in [0.29, 0.717) is 5.89 Å². The summed E-state index contributed by atoms with van der Waals surface area (Å²) in [7, 11) is -3.91. The van der Waals surface area contributed by atoms with Gasteiger partial charge in [-0.25, -0.2) is 13.1 Å². The maximum Gasteiger partial charge on any atom is 0.329 e. The van der Waals surface area contributed by atoms with Gasteiger partial charge >= 0.3 is 6.01 Å². The van der Waals surface area contributed by atoms with Gasteiger partial charge in [0.15, 0.2) is 0 Å². The van der Waals surface area contributed by atoms with Gasteiger partial charge in [-0.05, 0) is 25.5 Å². The molecule has 114 valence electrons. The van der Waals surface area contributed by atoms with Crippen LogP contribution in [0.3, 0.4) is 0 Å². The summed E-state index contributed by atoms with van der Waals surface area (Å²) in [5, 5.41) is 10.7. The van der Waals surface area contributed by atoms with Gasteiger partial charge in [0.25, 0.3) is 10.0 Å². The van der Waals surface area contributed by atoms with Gasteiger partial charge in [0.05, 0.1) is 10.4 Å². The zero-order valence-electron chi connectivity index (χ0n) is 10.5. The normalized spacial score (nSPS) is 19.0. The summed E-state index contributed by atoms with van der Waals surface area (Å²) < 4.78 is 32.2. The van der Waals surface area contributed by atoms with E-state index in [9.17, 15) is 8.42 Å². The smallest absolute Gasteiger partial charge is 0.329 e. The van der Waals surface area contributed by atoms with Crippen LogP contribution >= 0.6 is 34.5 Å². The maximum atomic E-state index is 12.2. The monoisotopic (exact) mass is 368 g/mol. The molecule has 0 radical (unpaired) electrons. The van der Waals surface area contributed by atoms with E-state index in [1.807, 2.05) is 0 Å². The fourth-order valence-electron chi connectivity index (χ4n) is 1.99. The molecule has 1 aliphatic rings. The van der Waals surface area contributed by atoms with Crippen molar-refractivity contribution in [2.24, 2.45) is 0 Å². The largest absolute Gasteiger partial charge is 0.406 e. The highest BCUT2D eigenvalue weighted by atomic mass is 35.5. The van der Waals surface area contributed by atoms with Gasteiger partial charge < -0.3 is 9.73 Å². The molecular formula is C10H10Cl2N4O3S2. The summed E-state index contributed by atoms with van der Waals surface area (Å²) in [5.41, 5.74) is 0. The van der Waals surface area contributed by atoms with Crippen molar-refractivity contribution in [1.29, 1.82) is 0 Å². The van der Waals surface area contributed by atoms with Crippen molar-refractivity contribution in [1.82, 2.24) is 15.5 Å². The molecule has 1 aliphatic heterocycles. The molecule has 1 saturated heterocycles. The van der Waals surface area contributed by atoms with Crippen LogP contribution in [0.1, 0.15) is 24.8 Å². The van der Waals surface area contributed by atoms with Crippen LogP contribution in [0, 0.1) is 0 Å². The average Bonchev–Trinajstić information content (AvgIpc) is 3.08. The Balaban J connectivity index is 1.81. The molecule has 0 saturated carbocycles. The first-order valence-corrected chi connectivity index (χ1v) is 9.06. The molecule has 3 rings (SSSR count). The van der Waals surface area contributed by atoms with Crippen molar-refractivity contribution in [2.45, 2.75) is 23.8 Å². The molecule has 0 aliphatic carbocycles. The fraction of sp³-hybridized carbons (Fsp3) is 0.400. The molecule has 3 heterocycles. The number of anilines is 1. The number of thiophene rings is 1. The standard InChI is InChI=1S/C10H10Cl2N4O3S2/c11-7-4-6(8(12)20-7)21(17,18)16-10-15-14-9(19-10)5-2-1-3-13-5/h4-5,13H,1-3H2,(H,15,16). The number of halogens is 2. The molecule has 1 fully saturated rings. The molecule has 0 bridgehead atoms. The number of aromatic nitrogens is 2. The average molecular weight is 369 g/mol. The van der Waals surface area contributed by atoms with E-state index in [2.05, 4.69) is 20.2 Å². The molecule has 0 amide bonds. The van der Waals surface area contributed by atoms with Crippen molar-refractivity contribution in [3.63, 3.8) is 0 Å². The lowest BCUT2D eigenvalue weighted by atomic mass is 10.2. The van der Waals surface area contributed by atoms with Crippen molar-refractivity contribution in [2.75, 3.05) is 11.3 Å². The van der Waals surface area contributed by atoms with Gasteiger partial charge in [0.2, 0.25) is 5.89 Å². The lowest BCUT2D eigenvalue weighted by molar-refractivity contribution is 0.439. The number of hydrogen-bond donors (Lipinski definition) is 2. The van der Waals surface area contributed by atoms with Gasteiger partial charge in [-0.2, -0.15) is 0 Å². The highest BCUT2D eigenvalue weighted by molar-refractivity contribution is 7.93. The summed E-state index contributed by atoms with van der Waals surface area (Å²) in [6, 6.07) is 1.04. The zero-order valence-corrected chi connectivity index (χ0v) is 13.6. The molecule has 0 aromatic carbocycles. The molecule has 1 atom stereocenters. The third-order valence-electron chi connectivity index (χ3n) is 2.94. The molecular weight excluding hydrogens is 359 g/mol. The molecule has 2 aromatic heterocycles. The first-order chi connectivity index (χ1) is 9.95. The van der Waals surface area contributed by atoms with Crippen LogP contribution in [0.15, 0.2) is 15.4 Å². The van der Waals surface area contributed by atoms with Crippen LogP contribution in [-0.2, 0) is 10.0 Å². The van der Waals surface area contributed by atoms with Gasteiger partial charge in [-0.1, -0.05) is 28.3 Å². The van der Waals surface area contributed by atoms with Crippen molar-refractivity contribution in [3.8, 4) is 0 Å². The summed E-state index contributed by atoms with van der Waals surface area (Å²) in [6.07, 6.45) is 1.89. The highest BCUT2D eigenvalue weighted by Gasteiger charge is 2.26. The molecule has 2 aromatic rings. The molecule has 2 N–H and O–H groups in total. The SMILES string of the molecule is O=S(=O)(Nc1nnc(C2CCCN2)o1)c1cc(Cl)sc1Cl. The second kappa shape index (κ2) is 5.73. The van der Waals surface area contributed by atoms with E-state index < -0.39 is 10.0 Å². The van der Waals surface area contributed by atoms with Gasteiger partial charge in [0, 0.05) is 0 Å². The Bertz CT molecular complexity index is 752. The van der Waals surface area contributed by atoms with E-state index in [4.69, 9.17) is 27.6 Å². The third-order valence-corrected chi connectivity index (χ3v) is 6.01. The van der Waals surface area contributed by atoms with Crippen LogP contribution in [0.2, 0.25) is 8.67 Å². The van der Waals surface area contributed by atoms with Crippen molar-refractivity contribution >= 4 is 50.6 Å². The van der Waals surface area contributed by atoms with Crippen LogP contribution in [0.4, 0.5) is 6.01 Å². The van der Waals surface area contributed by atoms with Crippen LogP contribution in [0.25, 0.3) is 0 Å². The second-order valence-electron chi connectivity index (χ2n) is 4.39. The quantitative estimate of drug-likeness (QED) is 0.860. The van der Waals surface area contributed by atoms with E-state index in [1.165, 1.54) is 6.07 Å². The predicted octanol–water partition coefficient (Wildman–Crippen LogP) is 2.66. The number of nitrogens with one attached hydrogen (secondary N) is 2. The lowest BCUT2D eigenvalue weighted by Crippen LogP contribution is -2.13. The van der Waals surface area contributed by atoms with Gasteiger partial charge in [-0.3, -0.25) is 0 Å². The predicted molar refractivity (Wildman–Crippen MR) is 79.4 cm³/mol. The van der Waals surface area contributed by atoms with E-state index in [-0.39, 0.29) is 25.6 Å². The Labute approximate surface area is 134 Å². The molecule has 1 unspecified atom stereocenters. The van der Waals surface area contributed by atoms with E-state index in [1.54, 1.807) is 0 Å². The second-order valence-corrected chi connectivity index (χ2v) is 8.32. The van der Waals surface area contributed by atoms with Crippen LogP contribution in [0.5, 0.6) is 0 Å². The number of hydrogen-bond acceptors (Lipinski definition) is 7. The Hall–Kier alpha value is -0.870. The first-order valence-electron chi connectivity index (χ1n) is 6.00. The fourth-order valence-corrected chi connectivity index (χ4v) is 5.07. The third kappa shape index (κ3) is 3.16. The molecule has 11 heteroatoms. The minimum absolute atomic E-state index is 0.0325. The minimum atomic E-state index is -3.91. The van der Waals surface area contributed by atoms with Crippen LogP contribution < -0.4 is 10.0 Å². The Kier molecular flexibility index (Phi) is 4.10. The van der Waals surface area contributed by atoms with E-state index >= 15 is 0 Å². The summed E-state index contributed by atoms with van der Waals surface area (Å²) in [4.78, 5) is -0.113. The molecule has 0 spiro atoms. The summed E-state index contributed by atoms with van der Waals surface area (Å²) in [6.45, 7) is 0.872. The topological polar surface area (TPSA) is 97.1 Å². The molecule has 21 heavy (non-hydrogen) atoms. The Morgan fingerprint density at radius 2 is 2.24 bits per heavy atom.